The Labute approximate surface area is 175 Å². The van der Waals surface area contributed by atoms with Crippen LogP contribution in [0.5, 0.6) is 0 Å². The van der Waals surface area contributed by atoms with Crippen molar-refractivity contribution < 1.29 is 4.79 Å². The van der Waals surface area contributed by atoms with Crippen molar-refractivity contribution in [1.82, 2.24) is 14.7 Å². The lowest BCUT2D eigenvalue weighted by Crippen LogP contribution is -2.42. The maximum atomic E-state index is 12.5. The summed E-state index contributed by atoms with van der Waals surface area (Å²) in [5.41, 5.74) is 1.18. The van der Waals surface area contributed by atoms with Gasteiger partial charge < -0.3 is 9.80 Å². The Kier molecular flexibility index (Phi) is 6.54. The topological polar surface area (TPSA) is 58.4 Å². The van der Waals surface area contributed by atoms with Gasteiger partial charge in [-0.2, -0.15) is 16.9 Å². The molecule has 0 unspecified atom stereocenters. The van der Waals surface area contributed by atoms with Crippen LogP contribution in [-0.2, 0) is 17.8 Å². The third-order valence-corrected chi connectivity index (χ3v) is 6.75. The number of thioether (sulfide) groups is 1. The first kappa shape index (κ1) is 20.0. The van der Waals surface area contributed by atoms with E-state index in [2.05, 4.69) is 40.3 Å². The third kappa shape index (κ3) is 5.21. The SMILES string of the molecule is O=C(Cn1nc(N2CCC(Cc3ccccc3)CC2)ccc1=O)N1CCSCC1. The van der Waals surface area contributed by atoms with Crippen LogP contribution < -0.4 is 10.5 Å². The molecule has 6 nitrogen and oxygen atoms in total. The number of carbonyl (C=O) groups is 1. The monoisotopic (exact) mass is 412 g/mol. The van der Waals surface area contributed by atoms with Crippen LogP contribution in [-0.4, -0.2) is 58.3 Å². The summed E-state index contributed by atoms with van der Waals surface area (Å²) in [7, 11) is 0. The number of rotatable bonds is 5. The number of aromatic nitrogens is 2. The van der Waals surface area contributed by atoms with Crippen molar-refractivity contribution in [3.8, 4) is 0 Å². The molecule has 2 aliphatic heterocycles. The molecule has 0 atom stereocenters. The van der Waals surface area contributed by atoms with Gasteiger partial charge in [-0.15, -0.1) is 0 Å². The van der Waals surface area contributed by atoms with E-state index in [1.54, 1.807) is 6.07 Å². The molecule has 0 aliphatic carbocycles. The van der Waals surface area contributed by atoms with Crippen molar-refractivity contribution in [3.63, 3.8) is 0 Å². The summed E-state index contributed by atoms with van der Waals surface area (Å²) in [6.45, 7) is 3.40. The molecule has 7 heteroatoms. The van der Waals surface area contributed by atoms with Crippen molar-refractivity contribution in [1.29, 1.82) is 0 Å². The molecule has 0 bridgehead atoms. The number of carbonyl (C=O) groups excluding carboxylic acids is 1. The molecule has 0 saturated carbocycles. The summed E-state index contributed by atoms with van der Waals surface area (Å²) >= 11 is 1.86. The van der Waals surface area contributed by atoms with Gasteiger partial charge in [-0.1, -0.05) is 30.3 Å². The second-order valence-electron chi connectivity index (χ2n) is 7.80. The second-order valence-corrected chi connectivity index (χ2v) is 9.03. The van der Waals surface area contributed by atoms with Gasteiger partial charge >= 0.3 is 0 Å². The van der Waals surface area contributed by atoms with E-state index >= 15 is 0 Å². The summed E-state index contributed by atoms with van der Waals surface area (Å²) in [6, 6.07) is 14.0. The van der Waals surface area contributed by atoms with Gasteiger partial charge in [0.25, 0.3) is 5.56 Å². The fraction of sp³-hybridized carbons (Fsp3) is 0.500. The molecule has 2 aliphatic rings. The average molecular weight is 413 g/mol. The van der Waals surface area contributed by atoms with Crippen molar-refractivity contribution in [2.45, 2.75) is 25.8 Å². The van der Waals surface area contributed by atoms with Gasteiger partial charge in [0.1, 0.15) is 12.4 Å². The van der Waals surface area contributed by atoms with Crippen LogP contribution in [0.2, 0.25) is 0 Å². The van der Waals surface area contributed by atoms with E-state index in [1.807, 2.05) is 16.7 Å². The van der Waals surface area contributed by atoms with E-state index in [0.717, 1.165) is 62.8 Å². The summed E-state index contributed by atoms with van der Waals surface area (Å²) in [5, 5.41) is 4.52. The van der Waals surface area contributed by atoms with Crippen LogP contribution in [0, 0.1) is 5.92 Å². The molecule has 154 valence electrons. The van der Waals surface area contributed by atoms with Crippen molar-refractivity contribution in [2.75, 3.05) is 42.6 Å². The van der Waals surface area contributed by atoms with Gasteiger partial charge in [-0.25, -0.2) is 4.68 Å². The molecule has 2 saturated heterocycles. The Morgan fingerprint density at radius 3 is 2.45 bits per heavy atom. The maximum absolute atomic E-state index is 12.5. The first-order chi connectivity index (χ1) is 14.2. The Morgan fingerprint density at radius 2 is 1.72 bits per heavy atom. The predicted octanol–water partition coefficient (Wildman–Crippen LogP) is 2.28. The highest BCUT2D eigenvalue weighted by atomic mass is 32.2. The first-order valence-electron chi connectivity index (χ1n) is 10.4. The average Bonchev–Trinajstić information content (AvgIpc) is 2.77. The molecule has 0 N–H and O–H groups in total. The van der Waals surface area contributed by atoms with E-state index in [-0.39, 0.29) is 18.0 Å². The zero-order valence-electron chi connectivity index (χ0n) is 16.7. The molecule has 3 heterocycles. The van der Waals surface area contributed by atoms with Gasteiger partial charge in [-0.05, 0) is 36.8 Å². The molecule has 4 rings (SSSR count). The van der Waals surface area contributed by atoms with Crippen LogP contribution in [0.25, 0.3) is 0 Å². The van der Waals surface area contributed by atoms with Crippen LogP contribution in [0.3, 0.4) is 0 Å². The zero-order valence-corrected chi connectivity index (χ0v) is 17.5. The fourth-order valence-corrected chi connectivity index (χ4v) is 4.98. The minimum absolute atomic E-state index is 0.0152. The van der Waals surface area contributed by atoms with Gasteiger partial charge in [0, 0.05) is 43.8 Å². The quantitative estimate of drug-likeness (QED) is 0.754. The highest BCUT2D eigenvalue weighted by molar-refractivity contribution is 7.99. The smallest absolute Gasteiger partial charge is 0.267 e. The number of hydrogen-bond donors (Lipinski definition) is 0. The predicted molar refractivity (Wildman–Crippen MR) is 117 cm³/mol. The number of benzene rings is 1. The lowest BCUT2D eigenvalue weighted by atomic mass is 9.90. The van der Waals surface area contributed by atoms with Crippen molar-refractivity contribution in [3.05, 3.63) is 58.4 Å². The molecule has 2 fully saturated rings. The lowest BCUT2D eigenvalue weighted by Gasteiger charge is -2.33. The molecule has 0 spiro atoms. The summed E-state index contributed by atoms with van der Waals surface area (Å²) in [6.07, 6.45) is 3.34. The molecular weight excluding hydrogens is 384 g/mol. The summed E-state index contributed by atoms with van der Waals surface area (Å²) in [5.74, 6) is 3.39. The van der Waals surface area contributed by atoms with Gasteiger partial charge in [0.2, 0.25) is 5.91 Å². The van der Waals surface area contributed by atoms with Gasteiger partial charge in [0.15, 0.2) is 0 Å². The van der Waals surface area contributed by atoms with E-state index in [4.69, 9.17) is 0 Å². The Hall–Kier alpha value is -2.28. The minimum Gasteiger partial charge on any atom is -0.355 e. The summed E-state index contributed by atoms with van der Waals surface area (Å²) < 4.78 is 1.33. The molecule has 2 aromatic rings. The highest BCUT2D eigenvalue weighted by Gasteiger charge is 2.22. The van der Waals surface area contributed by atoms with E-state index in [0.29, 0.717) is 5.92 Å². The standard InChI is InChI=1S/C22H28N4O2S/c27-21-7-6-20(23-26(21)17-22(28)25-12-14-29-15-13-25)24-10-8-19(9-11-24)16-18-4-2-1-3-5-18/h1-7,19H,8-17H2. The van der Waals surface area contributed by atoms with Crippen molar-refractivity contribution >= 4 is 23.5 Å². The molecule has 1 aromatic heterocycles. The fourth-order valence-electron chi connectivity index (χ4n) is 4.07. The van der Waals surface area contributed by atoms with E-state index in [9.17, 15) is 9.59 Å². The number of nitrogens with zero attached hydrogens (tertiary/aromatic N) is 4. The Balaban J connectivity index is 1.36. The van der Waals surface area contributed by atoms with Crippen LogP contribution in [0.1, 0.15) is 18.4 Å². The molecular formula is C22H28N4O2S. The second kappa shape index (κ2) is 9.48. The zero-order chi connectivity index (χ0) is 20.1. The van der Waals surface area contributed by atoms with Crippen molar-refractivity contribution in [2.24, 2.45) is 5.92 Å². The Morgan fingerprint density at radius 1 is 1.00 bits per heavy atom. The highest BCUT2D eigenvalue weighted by Crippen LogP contribution is 2.24. The first-order valence-corrected chi connectivity index (χ1v) is 11.6. The number of amides is 1. The lowest BCUT2D eigenvalue weighted by molar-refractivity contribution is -0.131. The number of hydrogen-bond acceptors (Lipinski definition) is 5. The summed E-state index contributed by atoms with van der Waals surface area (Å²) in [4.78, 5) is 28.8. The number of piperidine rings is 1. The van der Waals surface area contributed by atoms with E-state index < -0.39 is 0 Å². The van der Waals surface area contributed by atoms with Crippen LogP contribution >= 0.6 is 11.8 Å². The molecule has 0 radical (unpaired) electrons. The normalized spacial score (nSPS) is 18.1. The van der Waals surface area contributed by atoms with Crippen LogP contribution in [0.4, 0.5) is 5.82 Å². The third-order valence-electron chi connectivity index (χ3n) is 5.81. The van der Waals surface area contributed by atoms with Crippen LogP contribution in [0.15, 0.2) is 47.3 Å². The van der Waals surface area contributed by atoms with E-state index in [1.165, 1.54) is 16.3 Å². The molecule has 1 aromatic carbocycles. The molecule has 1 amide bonds. The minimum atomic E-state index is -0.215. The maximum Gasteiger partial charge on any atom is 0.267 e. The van der Waals surface area contributed by atoms with Gasteiger partial charge in [0.05, 0.1) is 0 Å². The Bertz CT molecular complexity index is 872. The largest absolute Gasteiger partial charge is 0.355 e. The number of anilines is 1. The van der Waals surface area contributed by atoms with Gasteiger partial charge in [-0.3, -0.25) is 9.59 Å². The molecule has 29 heavy (non-hydrogen) atoms.